The van der Waals surface area contributed by atoms with Gasteiger partial charge in [0.15, 0.2) is 0 Å². The van der Waals surface area contributed by atoms with Crippen LogP contribution in [0.2, 0.25) is 0 Å². The molecule has 0 amide bonds. The molecular formula is C14H18N4O2. The normalized spacial score (nSPS) is 19.1. The molecule has 0 radical (unpaired) electrons. The van der Waals surface area contributed by atoms with Gasteiger partial charge in [0, 0.05) is 13.2 Å². The Kier molecular flexibility index (Phi) is 3.56. The molecule has 106 valence electrons. The Morgan fingerprint density at radius 1 is 1.45 bits per heavy atom. The second kappa shape index (κ2) is 5.50. The van der Waals surface area contributed by atoms with Crippen molar-refractivity contribution in [1.82, 2.24) is 9.97 Å². The fourth-order valence-electron chi connectivity index (χ4n) is 2.48. The first-order valence-corrected chi connectivity index (χ1v) is 6.86. The number of ether oxygens (including phenoxy) is 1. The van der Waals surface area contributed by atoms with E-state index < -0.39 is 0 Å². The number of fused-ring (bicyclic) bond motifs is 1. The Hall–Kier alpha value is -2.08. The van der Waals surface area contributed by atoms with Crippen LogP contribution >= 0.6 is 0 Å². The first kappa shape index (κ1) is 12.9. The highest BCUT2D eigenvalue weighted by Crippen LogP contribution is 2.23. The Balaban J connectivity index is 1.80. The molecule has 2 heterocycles. The molecule has 1 aliphatic rings. The first-order valence-electron chi connectivity index (χ1n) is 6.86. The van der Waals surface area contributed by atoms with Crippen LogP contribution in [-0.4, -0.2) is 29.2 Å². The van der Waals surface area contributed by atoms with Crippen LogP contribution in [0.15, 0.2) is 23.3 Å². The van der Waals surface area contributed by atoms with Gasteiger partial charge in [-0.05, 0) is 31.4 Å². The smallest absolute Gasteiger partial charge is 0.258 e. The fourth-order valence-corrected chi connectivity index (χ4v) is 2.48. The molecule has 0 bridgehead atoms. The van der Waals surface area contributed by atoms with Crippen molar-refractivity contribution in [3.8, 4) is 0 Å². The number of nitrogens with zero attached hydrogens (tertiary/aromatic N) is 1. The zero-order valence-corrected chi connectivity index (χ0v) is 11.2. The van der Waals surface area contributed by atoms with Gasteiger partial charge < -0.3 is 20.8 Å². The Bertz CT molecular complexity index is 662. The Morgan fingerprint density at radius 3 is 3.15 bits per heavy atom. The summed E-state index contributed by atoms with van der Waals surface area (Å²) in [6.07, 6.45) is 5.04. The average Bonchev–Trinajstić information content (AvgIpc) is 2.47. The summed E-state index contributed by atoms with van der Waals surface area (Å²) in [5.41, 5.74) is 7.79. The number of H-pyrrole nitrogens is 1. The van der Waals surface area contributed by atoms with E-state index in [0.717, 1.165) is 31.7 Å². The molecule has 1 saturated heterocycles. The molecule has 0 saturated carbocycles. The van der Waals surface area contributed by atoms with Crippen molar-refractivity contribution >= 4 is 22.3 Å². The molecule has 6 nitrogen and oxygen atoms in total. The maximum absolute atomic E-state index is 11.7. The maximum atomic E-state index is 11.7. The third-order valence-corrected chi connectivity index (χ3v) is 3.61. The summed E-state index contributed by atoms with van der Waals surface area (Å²) in [5, 5.41) is 3.80. The lowest BCUT2D eigenvalue weighted by molar-refractivity contribution is 0.0248. The highest BCUT2D eigenvalue weighted by molar-refractivity contribution is 5.88. The number of nitrogen functional groups attached to an aromatic ring is 1. The van der Waals surface area contributed by atoms with Gasteiger partial charge in [0.1, 0.15) is 0 Å². The Labute approximate surface area is 116 Å². The topological polar surface area (TPSA) is 93.0 Å². The van der Waals surface area contributed by atoms with Gasteiger partial charge in [-0.15, -0.1) is 0 Å². The van der Waals surface area contributed by atoms with Crippen LogP contribution in [0.1, 0.15) is 19.3 Å². The minimum Gasteiger partial charge on any atom is -0.397 e. The van der Waals surface area contributed by atoms with E-state index in [9.17, 15) is 4.79 Å². The molecule has 4 N–H and O–H groups in total. The number of nitrogens with two attached hydrogens (primary N) is 1. The van der Waals surface area contributed by atoms with Gasteiger partial charge in [0.05, 0.1) is 34.7 Å². The number of aromatic nitrogens is 2. The van der Waals surface area contributed by atoms with E-state index in [4.69, 9.17) is 10.5 Å². The van der Waals surface area contributed by atoms with Crippen molar-refractivity contribution in [2.45, 2.75) is 25.4 Å². The molecule has 20 heavy (non-hydrogen) atoms. The highest BCUT2D eigenvalue weighted by Gasteiger charge is 2.14. The van der Waals surface area contributed by atoms with Gasteiger partial charge >= 0.3 is 0 Å². The molecule has 1 fully saturated rings. The van der Waals surface area contributed by atoms with E-state index in [1.807, 2.05) is 6.07 Å². The van der Waals surface area contributed by atoms with Crippen molar-refractivity contribution in [3.05, 3.63) is 28.8 Å². The highest BCUT2D eigenvalue weighted by atomic mass is 16.5. The van der Waals surface area contributed by atoms with Gasteiger partial charge in [-0.2, -0.15) is 0 Å². The summed E-state index contributed by atoms with van der Waals surface area (Å²) in [5.74, 6) is 0. The second-order valence-corrected chi connectivity index (χ2v) is 5.06. The molecule has 6 heteroatoms. The van der Waals surface area contributed by atoms with Crippen molar-refractivity contribution < 1.29 is 4.74 Å². The molecule has 1 aliphatic heterocycles. The van der Waals surface area contributed by atoms with Gasteiger partial charge in [-0.1, -0.05) is 0 Å². The number of hydrogen-bond donors (Lipinski definition) is 3. The molecule has 1 atom stereocenters. The monoisotopic (exact) mass is 274 g/mol. The molecule has 0 aliphatic carbocycles. The number of anilines is 2. The number of hydrogen-bond acceptors (Lipinski definition) is 5. The summed E-state index contributed by atoms with van der Waals surface area (Å²) >= 11 is 0. The van der Waals surface area contributed by atoms with Crippen LogP contribution in [0.3, 0.4) is 0 Å². The number of rotatable bonds is 3. The van der Waals surface area contributed by atoms with Crippen LogP contribution < -0.4 is 16.6 Å². The molecule has 0 spiro atoms. The third-order valence-electron chi connectivity index (χ3n) is 3.61. The predicted octanol–water partition coefficient (Wildman–Crippen LogP) is 1.49. The maximum Gasteiger partial charge on any atom is 0.258 e. The van der Waals surface area contributed by atoms with E-state index in [0.29, 0.717) is 16.6 Å². The van der Waals surface area contributed by atoms with Crippen LogP contribution in [0.4, 0.5) is 11.4 Å². The van der Waals surface area contributed by atoms with Crippen LogP contribution in [-0.2, 0) is 4.74 Å². The SMILES string of the molecule is Nc1cc2c(=O)[nH]cnc2cc1NCC1CCCCO1. The quantitative estimate of drug-likeness (QED) is 0.737. The summed E-state index contributed by atoms with van der Waals surface area (Å²) in [6.45, 7) is 1.55. The molecule has 1 aromatic carbocycles. The summed E-state index contributed by atoms with van der Waals surface area (Å²) in [4.78, 5) is 18.4. The zero-order valence-electron chi connectivity index (χ0n) is 11.2. The summed E-state index contributed by atoms with van der Waals surface area (Å²) in [7, 11) is 0. The summed E-state index contributed by atoms with van der Waals surface area (Å²) in [6, 6.07) is 3.47. The van der Waals surface area contributed by atoms with Crippen molar-refractivity contribution in [2.24, 2.45) is 0 Å². The molecule has 2 aromatic rings. The van der Waals surface area contributed by atoms with Crippen molar-refractivity contribution in [3.63, 3.8) is 0 Å². The minimum absolute atomic E-state index is 0.177. The molecule has 1 unspecified atom stereocenters. The number of benzene rings is 1. The molecule has 1 aromatic heterocycles. The third kappa shape index (κ3) is 2.60. The second-order valence-electron chi connectivity index (χ2n) is 5.06. The van der Waals surface area contributed by atoms with E-state index in [-0.39, 0.29) is 11.7 Å². The lowest BCUT2D eigenvalue weighted by Gasteiger charge is -2.23. The van der Waals surface area contributed by atoms with Crippen molar-refractivity contribution in [2.75, 3.05) is 24.2 Å². The average molecular weight is 274 g/mol. The number of nitrogens with one attached hydrogen (secondary N) is 2. The van der Waals surface area contributed by atoms with Crippen LogP contribution in [0.25, 0.3) is 10.9 Å². The van der Waals surface area contributed by atoms with E-state index in [1.54, 1.807) is 6.07 Å². The lowest BCUT2D eigenvalue weighted by atomic mass is 10.1. The van der Waals surface area contributed by atoms with Crippen LogP contribution in [0.5, 0.6) is 0 Å². The Morgan fingerprint density at radius 2 is 2.35 bits per heavy atom. The van der Waals surface area contributed by atoms with E-state index in [1.165, 1.54) is 12.7 Å². The minimum atomic E-state index is -0.177. The lowest BCUT2D eigenvalue weighted by Crippen LogP contribution is -2.27. The van der Waals surface area contributed by atoms with Gasteiger partial charge in [-0.3, -0.25) is 4.79 Å². The summed E-state index contributed by atoms with van der Waals surface area (Å²) < 4.78 is 5.67. The van der Waals surface area contributed by atoms with E-state index >= 15 is 0 Å². The number of aromatic amines is 1. The predicted molar refractivity (Wildman–Crippen MR) is 78.9 cm³/mol. The standard InChI is InChI=1S/C14H18N4O2/c15-11-5-10-12(17-8-18-14(10)19)6-13(11)16-7-9-3-1-2-4-20-9/h5-6,8-9,16H,1-4,7,15H2,(H,17,18,19). The van der Waals surface area contributed by atoms with Crippen molar-refractivity contribution in [1.29, 1.82) is 0 Å². The van der Waals surface area contributed by atoms with Crippen LogP contribution in [0, 0.1) is 0 Å². The van der Waals surface area contributed by atoms with Gasteiger partial charge in [-0.25, -0.2) is 4.98 Å². The zero-order chi connectivity index (χ0) is 13.9. The largest absolute Gasteiger partial charge is 0.397 e. The molecular weight excluding hydrogens is 256 g/mol. The first-order chi connectivity index (χ1) is 9.74. The van der Waals surface area contributed by atoms with Gasteiger partial charge in [0.2, 0.25) is 0 Å². The van der Waals surface area contributed by atoms with E-state index in [2.05, 4.69) is 15.3 Å². The fraction of sp³-hybridized carbons (Fsp3) is 0.429. The van der Waals surface area contributed by atoms with Gasteiger partial charge in [0.25, 0.3) is 5.56 Å². The molecule has 3 rings (SSSR count).